The normalized spacial score (nSPS) is 18.1. The number of thiophene rings is 1. The highest BCUT2D eigenvalue weighted by Crippen LogP contribution is 2.25. The summed E-state index contributed by atoms with van der Waals surface area (Å²) < 4.78 is 1.77. The maximum atomic E-state index is 13.4. The van der Waals surface area contributed by atoms with E-state index < -0.39 is 0 Å². The van der Waals surface area contributed by atoms with Crippen LogP contribution >= 0.6 is 11.3 Å². The van der Waals surface area contributed by atoms with Gasteiger partial charge in [-0.3, -0.25) is 19.0 Å². The number of fused-ring (bicyclic) bond motifs is 2. The van der Waals surface area contributed by atoms with Gasteiger partial charge in [0.2, 0.25) is 5.91 Å². The van der Waals surface area contributed by atoms with Crippen molar-refractivity contribution in [1.29, 1.82) is 0 Å². The van der Waals surface area contributed by atoms with Crippen LogP contribution in [0.25, 0.3) is 0 Å². The maximum absolute atomic E-state index is 13.4. The van der Waals surface area contributed by atoms with E-state index in [0.717, 1.165) is 30.8 Å². The number of aromatic nitrogens is 2. The van der Waals surface area contributed by atoms with E-state index in [1.165, 1.54) is 11.3 Å². The lowest BCUT2D eigenvalue weighted by atomic mass is 10.0. The number of hydrogen-bond donors (Lipinski definition) is 1. The molecule has 1 unspecified atom stereocenters. The van der Waals surface area contributed by atoms with Crippen LogP contribution in [0.5, 0.6) is 0 Å². The first kappa shape index (κ1) is 20.8. The molecule has 0 saturated carbocycles. The van der Waals surface area contributed by atoms with Gasteiger partial charge in [-0.15, -0.1) is 11.3 Å². The fraction of sp³-hybridized carbons (Fsp3) is 0.545. The summed E-state index contributed by atoms with van der Waals surface area (Å²) in [7, 11) is 0. The number of carbonyl (C=O) groups is 2. The van der Waals surface area contributed by atoms with Gasteiger partial charge in [-0.1, -0.05) is 19.9 Å². The standard InChI is InChI=1S/C22H28N4O3S/c1-14(2)11-20(27)23-12-15-5-3-7-19-24-17-8-9-25(13-16(17)21(28)26(15)19)22(29)18-6-4-10-30-18/h4,6,10,14-15H,3,5,7-9,11-13H2,1-2H3,(H,23,27). The minimum Gasteiger partial charge on any atom is -0.354 e. The minimum absolute atomic E-state index is 0.0174. The monoisotopic (exact) mass is 428 g/mol. The summed E-state index contributed by atoms with van der Waals surface area (Å²) in [5, 5.41) is 4.87. The van der Waals surface area contributed by atoms with Crippen molar-refractivity contribution >= 4 is 23.2 Å². The summed E-state index contributed by atoms with van der Waals surface area (Å²) in [4.78, 5) is 45.5. The van der Waals surface area contributed by atoms with E-state index in [1.807, 2.05) is 31.4 Å². The summed E-state index contributed by atoms with van der Waals surface area (Å²) in [5.74, 6) is 1.09. The van der Waals surface area contributed by atoms with Gasteiger partial charge in [0.1, 0.15) is 5.82 Å². The third-order valence-corrected chi connectivity index (χ3v) is 6.64. The Labute approximate surface area is 180 Å². The van der Waals surface area contributed by atoms with Crippen molar-refractivity contribution in [1.82, 2.24) is 19.8 Å². The van der Waals surface area contributed by atoms with E-state index in [2.05, 4.69) is 5.32 Å². The van der Waals surface area contributed by atoms with Crippen LogP contribution < -0.4 is 10.9 Å². The van der Waals surface area contributed by atoms with Gasteiger partial charge < -0.3 is 10.2 Å². The van der Waals surface area contributed by atoms with Gasteiger partial charge in [0.15, 0.2) is 0 Å². The Hall–Kier alpha value is -2.48. The van der Waals surface area contributed by atoms with Crippen LogP contribution in [-0.2, 0) is 24.2 Å². The van der Waals surface area contributed by atoms with Crippen LogP contribution in [0.2, 0.25) is 0 Å². The first-order chi connectivity index (χ1) is 14.4. The molecule has 2 aromatic rings. The number of hydrogen-bond acceptors (Lipinski definition) is 5. The first-order valence-corrected chi connectivity index (χ1v) is 11.5. The molecule has 0 spiro atoms. The molecule has 0 radical (unpaired) electrons. The largest absolute Gasteiger partial charge is 0.354 e. The van der Waals surface area contributed by atoms with Gasteiger partial charge in [-0.25, -0.2) is 4.98 Å². The van der Waals surface area contributed by atoms with Crippen LogP contribution in [-0.4, -0.2) is 39.4 Å². The number of aryl methyl sites for hydroxylation is 1. The smallest absolute Gasteiger partial charge is 0.264 e. The van der Waals surface area contributed by atoms with Crippen molar-refractivity contribution in [3.8, 4) is 0 Å². The summed E-state index contributed by atoms with van der Waals surface area (Å²) in [6.45, 7) is 5.34. The summed E-state index contributed by atoms with van der Waals surface area (Å²) in [6.07, 6.45) is 3.66. The third kappa shape index (κ3) is 4.19. The Balaban J connectivity index is 1.57. The number of amides is 2. The van der Waals surface area contributed by atoms with Crippen molar-refractivity contribution in [2.75, 3.05) is 13.1 Å². The second-order valence-corrected chi connectivity index (χ2v) is 9.48. The van der Waals surface area contributed by atoms with Crippen LogP contribution in [0.3, 0.4) is 0 Å². The van der Waals surface area contributed by atoms with E-state index in [-0.39, 0.29) is 23.4 Å². The number of nitrogens with one attached hydrogen (secondary N) is 1. The molecule has 0 saturated heterocycles. The first-order valence-electron chi connectivity index (χ1n) is 10.7. The zero-order valence-electron chi connectivity index (χ0n) is 17.5. The molecule has 30 heavy (non-hydrogen) atoms. The van der Waals surface area contributed by atoms with Gasteiger partial charge >= 0.3 is 0 Å². The zero-order chi connectivity index (χ0) is 21.3. The average molecular weight is 429 g/mol. The molecule has 2 aromatic heterocycles. The fourth-order valence-corrected chi connectivity index (χ4v) is 5.01. The predicted octanol–water partition coefficient (Wildman–Crippen LogP) is 2.54. The summed E-state index contributed by atoms with van der Waals surface area (Å²) in [6, 6.07) is 3.59. The highest BCUT2D eigenvalue weighted by molar-refractivity contribution is 7.12. The van der Waals surface area contributed by atoms with Crippen molar-refractivity contribution < 1.29 is 9.59 Å². The van der Waals surface area contributed by atoms with Crippen LogP contribution in [0, 0.1) is 5.92 Å². The van der Waals surface area contributed by atoms with E-state index in [4.69, 9.17) is 4.98 Å². The second-order valence-electron chi connectivity index (χ2n) is 8.53. The Morgan fingerprint density at radius 2 is 2.17 bits per heavy atom. The molecule has 2 amide bonds. The summed E-state index contributed by atoms with van der Waals surface area (Å²) in [5.41, 5.74) is 1.39. The Bertz CT molecular complexity index is 997. The molecule has 4 heterocycles. The quantitative estimate of drug-likeness (QED) is 0.793. The van der Waals surface area contributed by atoms with Crippen molar-refractivity contribution in [2.45, 2.75) is 58.5 Å². The molecule has 8 heteroatoms. The van der Waals surface area contributed by atoms with Crippen LogP contribution in [0.4, 0.5) is 0 Å². The van der Waals surface area contributed by atoms with Gasteiger partial charge in [0, 0.05) is 32.4 Å². The lowest BCUT2D eigenvalue weighted by Crippen LogP contribution is -2.45. The molecule has 1 N–H and O–H groups in total. The van der Waals surface area contributed by atoms with Crippen LogP contribution in [0.1, 0.15) is 65.9 Å². The SMILES string of the molecule is CC(C)CC(=O)NCC1CCCc2nc3c(c(=O)n21)CN(C(=O)c1cccs1)CC3. The van der Waals surface area contributed by atoms with E-state index >= 15 is 0 Å². The van der Waals surface area contributed by atoms with Crippen molar-refractivity contribution in [3.05, 3.63) is 49.8 Å². The number of carbonyl (C=O) groups excluding carboxylic acids is 2. The van der Waals surface area contributed by atoms with Gasteiger partial charge in [-0.2, -0.15) is 0 Å². The molecule has 0 bridgehead atoms. The van der Waals surface area contributed by atoms with Crippen molar-refractivity contribution in [2.24, 2.45) is 5.92 Å². The minimum atomic E-state index is -0.0847. The summed E-state index contributed by atoms with van der Waals surface area (Å²) >= 11 is 1.42. The topological polar surface area (TPSA) is 84.3 Å². The molecular formula is C22H28N4O3S. The Morgan fingerprint density at radius 3 is 2.90 bits per heavy atom. The molecule has 160 valence electrons. The average Bonchev–Trinajstić information content (AvgIpc) is 3.26. The number of rotatable bonds is 5. The molecule has 1 atom stereocenters. The van der Waals surface area contributed by atoms with Crippen LogP contribution in [0.15, 0.2) is 22.3 Å². The molecule has 7 nitrogen and oxygen atoms in total. The molecule has 2 aliphatic heterocycles. The zero-order valence-corrected chi connectivity index (χ0v) is 18.3. The molecular weight excluding hydrogens is 400 g/mol. The lowest BCUT2D eigenvalue weighted by Gasteiger charge is -2.32. The van der Waals surface area contributed by atoms with E-state index in [0.29, 0.717) is 48.8 Å². The van der Waals surface area contributed by atoms with Crippen molar-refractivity contribution in [3.63, 3.8) is 0 Å². The predicted molar refractivity (Wildman–Crippen MR) is 116 cm³/mol. The number of nitrogens with zero attached hydrogens (tertiary/aromatic N) is 3. The van der Waals surface area contributed by atoms with Gasteiger partial charge in [0.25, 0.3) is 11.5 Å². The third-order valence-electron chi connectivity index (χ3n) is 5.79. The van der Waals surface area contributed by atoms with E-state index in [9.17, 15) is 14.4 Å². The highest BCUT2D eigenvalue weighted by Gasteiger charge is 2.30. The molecule has 0 fully saturated rings. The second kappa shape index (κ2) is 8.71. The Morgan fingerprint density at radius 1 is 1.33 bits per heavy atom. The molecule has 2 aliphatic rings. The molecule has 0 aliphatic carbocycles. The van der Waals surface area contributed by atoms with Gasteiger partial charge in [0.05, 0.1) is 28.7 Å². The Kier molecular flexibility index (Phi) is 6.04. The van der Waals surface area contributed by atoms with Gasteiger partial charge in [-0.05, 0) is 30.2 Å². The lowest BCUT2D eigenvalue weighted by molar-refractivity contribution is -0.121. The maximum Gasteiger partial charge on any atom is 0.264 e. The highest BCUT2D eigenvalue weighted by atomic mass is 32.1. The van der Waals surface area contributed by atoms with E-state index in [1.54, 1.807) is 9.47 Å². The fourth-order valence-electron chi connectivity index (χ4n) is 4.31. The molecule has 0 aromatic carbocycles. The molecule has 4 rings (SSSR count).